The molecular weight excluding hydrogens is 408 g/mol. The molecule has 4 aromatic rings. The van der Waals surface area contributed by atoms with Gasteiger partial charge in [0.15, 0.2) is 4.77 Å². The van der Waals surface area contributed by atoms with Gasteiger partial charge in [-0.1, -0.05) is 36.4 Å². The molecule has 1 heterocycles. The molecule has 0 saturated carbocycles. The number of amides is 1. The molecule has 3 N–H and O–H groups in total. The fourth-order valence-corrected chi connectivity index (χ4v) is 3.47. The van der Waals surface area contributed by atoms with Crippen LogP contribution in [0.3, 0.4) is 0 Å². The molecular formula is C24H22N4O2S. The van der Waals surface area contributed by atoms with E-state index in [1.165, 1.54) is 0 Å². The molecule has 1 amide bonds. The Labute approximate surface area is 185 Å². The van der Waals surface area contributed by atoms with Gasteiger partial charge < -0.3 is 20.4 Å². The first-order chi connectivity index (χ1) is 15.1. The third-order valence-corrected chi connectivity index (χ3v) is 5.04. The molecule has 3 aromatic carbocycles. The number of hydrogen-bond acceptors (Lipinski definition) is 5. The van der Waals surface area contributed by atoms with E-state index in [9.17, 15) is 4.79 Å². The molecule has 156 valence electrons. The SMILES string of the molecule is COc1cccc(CNC(=O)Cc2ccc(Nc3nc(=S)[nH]c4ccccc34)cc2)c1. The summed E-state index contributed by atoms with van der Waals surface area (Å²) in [6.45, 7) is 0.461. The number of nitrogens with one attached hydrogen (secondary N) is 3. The lowest BCUT2D eigenvalue weighted by Crippen LogP contribution is -2.24. The van der Waals surface area contributed by atoms with Crippen LogP contribution in [0.1, 0.15) is 11.1 Å². The lowest BCUT2D eigenvalue weighted by molar-refractivity contribution is -0.120. The van der Waals surface area contributed by atoms with Crippen LogP contribution in [-0.4, -0.2) is 23.0 Å². The Morgan fingerprint density at radius 3 is 2.65 bits per heavy atom. The van der Waals surface area contributed by atoms with E-state index in [1.54, 1.807) is 7.11 Å². The molecule has 0 bridgehead atoms. The summed E-state index contributed by atoms with van der Waals surface area (Å²) < 4.78 is 5.63. The number of aromatic nitrogens is 2. The number of aromatic amines is 1. The van der Waals surface area contributed by atoms with E-state index in [2.05, 4.69) is 20.6 Å². The molecule has 7 heteroatoms. The van der Waals surface area contributed by atoms with Crippen LogP contribution in [0.2, 0.25) is 0 Å². The standard InChI is InChI=1S/C24H22N4O2S/c1-30-19-6-4-5-17(13-19)15-25-22(29)14-16-9-11-18(12-10-16)26-23-20-7-2-3-8-21(20)27-24(31)28-23/h2-13H,14-15H2,1H3,(H,25,29)(H2,26,27,28,31). The van der Waals surface area contributed by atoms with Crippen LogP contribution in [-0.2, 0) is 17.8 Å². The Morgan fingerprint density at radius 1 is 1.03 bits per heavy atom. The number of nitrogens with zero attached hydrogens (tertiary/aromatic N) is 1. The molecule has 0 aliphatic carbocycles. The Morgan fingerprint density at radius 2 is 1.84 bits per heavy atom. The maximum Gasteiger partial charge on any atom is 0.224 e. The molecule has 0 unspecified atom stereocenters. The molecule has 1 aromatic heterocycles. The number of hydrogen-bond donors (Lipinski definition) is 3. The van der Waals surface area contributed by atoms with Gasteiger partial charge in [0.05, 0.1) is 19.0 Å². The van der Waals surface area contributed by atoms with Gasteiger partial charge in [0, 0.05) is 17.6 Å². The van der Waals surface area contributed by atoms with Crippen molar-refractivity contribution in [3.63, 3.8) is 0 Å². The summed E-state index contributed by atoms with van der Waals surface area (Å²) in [6.07, 6.45) is 0.308. The molecule has 31 heavy (non-hydrogen) atoms. The maximum atomic E-state index is 12.3. The Hall–Kier alpha value is -3.71. The predicted octanol–water partition coefficient (Wildman–Crippen LogP) is 4.90. The number of rotatable bonds is 7. The molecule has 0 fully saturated rings. The highest BCUT2D eigenvalue weighted by Crippen LogP contribution is 2.23. The number of carbonyl (C=O) groups is 1. The maximum absolute atomic E-state index is 12.3. The van der Waals surface area contributed by atoms with Crippen molar-refractivity contribution < 1.29 is 9.53 Å². The lowest BCUT2D eigenvalue weighted by atomic mass is 10.1. The fraction of sp³-hybridized carbons (Fsp3) is 0.125. The summed E-state index contributed by atoms with van der Waals surface area (Å²) in [7, 11) is 1.63. The summed E-state index contributed by atoms with van der Waals surface area (Å²) in [5.41, 5.74) is 3.72. The van der Waals surface area contributed by atoms with Gasteiger partial charge >= 0.3 is 0 Å². The number of methoxy groups -OCH3 is 1. The third kappa shape index (κ3) is 5.26. The first-order valence-corrected chi connectivity index (χ1v) is 10.3. The van der Waals surface area contributed by atoms with Gasteiger partial charge in [0.25, 0.3) is 0 Å². The second-order valence-corrected chi connectivity index (χ2v) is 7.45. The number of fused-ring (bicyclic) bond motifs is 1. The number of H-pyrrole nitrogens is 1. The van der Waals surface area contributed by atoms with Gasteiger partial charge in [-0.2, -0.15) is 0 Å². The molecule has 0 saturated heterocycles. The van der Waals surface area contributed by atoms with E-state index in [4.69, 9.17) is 17.0 Å². The zero-order valence-electron chi connectivity index (χ0n) is 17.0. The summed E-state index contributed by atoms with van der Waals surface area (Å²) in [5.74, 6) is 1.44. The van der Waals surface area contributed by atoms with Crippen LogP contribution < -0.4 is 15.4 Å². The van der Waals surface area contributed by atoms with Gasteiger partial charge in [0.1, 0.15) is 11.6 Å². The summed E-state index contributed by atoms with van der Waals surface area (Å²) in [5, 5.41) is 7.22. The van der Waals surface area contributed by atoms with Crippen LogP contribution in [0.15, 0.2) is 72.8 Å². The average molecular weight is 431 g/mol. The Balaban J connectivity index is 1.38. The summed E-state index contributed by atoms with van der Waals surface area (Å²) >= 11 is 5.23. The van der Waals surface area contributed by atoms with Crippen LogP contribution in [0.4, 0.5) is 11.5 Å². The predicted molar refractivity (Wildman–Crippen MR) is 125 cm³/mol. The van der Waals surface area contributed by atoms with Crippen molar-refractivity contribution >= 4 is 40.5 Å². The van der Waals surface area contributed by atoms with Crippen LogP contribution in [0.25, 0.3) is 10.9 Å². The van der Waals surface area contributed by atoms with Gasteiger partial charge in [0.2, 0.25) is 5.91 Å². The molecule has 0 aliphatic heterocycles. The highest BCUT2D eigenvalue weighted by molar-refractivity contribution is 7.71. The number of anilines is 2. The fourth-order valence-electron chi connectivity index (χ4n) is 3.27. The van der Waals surface area contributed by atoms with Gasteiger partial charge in [-0.05, 0) is 59.7 Å². The minimum Gasteiger partial charge on any atom is -0.497 e. The van der Waals surface area contributed by atoms with E-state index >= 15 is 0 Å². The van der Waals surface area contributed by atoms with Crippen molar-refractivity contribution in [3.05, 3.63) is 88.7 Å². The second kappa shape index (κ2) is 9.40. The molecule has 4 rings (SSSR count). The Bertz CT molecular complexity index is 1270. The zero-order chi connectivity index (χ0) is 21.6. The van der Waals surface area contributed by atoms with E-state index in [-0.39, 0.29) is 5.91 Å². The summed E-state index contributed by atoms with van der Waals surface area (Å²) in [4.78, 5) is 19.8. The number of ether oxygens (including phenoxy) is 1. The molecule has 6 nitrogen and oxygen atoms in total. The van der Waals surface area contributed by atoms with Crippen molar-refractivity contribution in [2.75, 3.05) is 12.4 Å². The van der Waals surface area contributed by atoms with Crippen molar-refractivity contribution in [2.45, 2.75) is 13.0 Å². The average Bonchev–Trinajstić information content (AvgIpc) is 2.79. The van der Waals surface area contributed by atoms with Crippen LogP contribution in [0.5, 0.6) is 5.75 Å². The van der Waals surface area contributed by atoms with Crippen molar-refractivity contribution in [3.8, 4) is 5.75 Å². The minimum atomic E-state index is -0.0365. The highest BCUT2D eigenvalue weighted by atomic mass is 32.1. The number of carbonyl (C=O) groups excluding carboxylic acids is 1. The molecule has 0 atom stereocenters. The monoisotopic (exact) mass is 430 g/mol. The second-order valence-electron chi connectivity index (χ2n) is 7.06. The number of para-hydroxylation sites is 1. The van der Waals surface area contributed by atoms with Crippen molar-refractivity contribution in [1.29, 1.82) is 0 Å². The van der Waals surface area contributed by atoms with Gasteiger partial charge in [-0.15, -0.1) is 0 Å². The number of benzene rings is 3. The first-order valence-electron chi connectivity index (χ1n) is 9.85. The third-order valence-electron chi connectivity index (χ3n) is 4.84. The first kappa shape index (κ1) is 20.6. The van der Waals surface area contributed by atoms with E-state index in [0.29, 0.717) is 23.6 Å². The quantitative estimate of drug-likeness (QED) is 0.363. The van der Waals surface area contributed by atoms with Crippen LogP contribution in [0, 0.1) is 4.77 Å². The van der Waals surface area contributed by atoms with Crippen LogP contribution >= 0.6 is 12.2 Å². The molecule has 0 aliphatic rings. The van der Waals surface area contributed by atoms with Gasteiger partial charge in [-0.3, -0.25) is 4.79 Å². The smallest absolute Gasteiger partial charge is 0.224 e. The largest absolute Gasteiger partial charge is 0.497 e. The summed E-state index contributed by atoms with van der Waals surface area (Å²) in [6, 6.07) is 23.2. The molecule has 0 radical (unpaired) electrons. The van der Waals surface area contributed by atoms with Crippen molar-refractivity contribution in [1.82, 2.24) is 15.3 Å². The van der Waals surface area contributed by atoms with Crippen molar-refractivity contribution in [2.24, 2.45) is 0 Å². The molecule has 0 spiro atoms. The van der Waals surface area contributed by atoms with E-state index < -0.39 is 0 Å². The topological polar surface area (TPSA) is 79.0 Å². The zero-order valence-corrected chi connectivity index (χ0v) is 17.8. The normalized spacial score (nSPS) is 10.6. The van der Waals surface area contributed by atoms with E-state index in [1.807, 2.05) is 72.8 Å². The minimum absolute atomic E-state index is 0.0365. The van der Waals surface area contributed by atoms with E-state index in [0.717, 1.165) is 33.5 Å². The van der Waals surface area contributed by atoms with Gasteiger partial charge in [-0.25, -0.2) is 4.98 Å². The highest BCUT2D eigenvalue weighted by Gasteiger charge is 2.07. The lowest BCUT2D eigenvalue weighted by Gasteiger charge is -2.10. The Kier molecular flexibility index (Phi) is 6.24.